The van der Waals surface area contributed by atoms with E-state index in [1.54, 1.807) is 6.07 Å². The Morgan fingerprint density at radius 1 is 1.47 bits per heavy atom. The van der Waals surface area contributed by atoms with Crippen LogP contribution >= 0.6 is 0 Å². The molecular weight excluding hydrogens is 215 g/mol. The number of benzene rings is 1. The third-order valence-electron chi connectivity index (χ3n) is 3.13. The van der Waals surface area contributed by atoms with E-state index in [1.807, 2.05) is 6.07 Å². The monoisotopic (exact) mass is 236 g/mol. The maximum atomic E-state index is 13.0. The second-order valence-corrected chi connectivity index (χ2v) is 5.23. The predicted octanol–water partition coefficient (Wildman–Crippen LogP) is 2.80. The van der Waals surface area contributed by atoms with Gasteiger partial charge in [0.25, 0.3) is 0 Å². The van der Waals surface area contributed by atoms with Crippen LogP contribution in [0.5, 0.6) is 0 Å². The number of anilines is 1. The van der Waals surface area contributed by atoms with Crippen molar-refractivity contribution in [3.8, 4) is 0 Å². The highest BCUT2D eigenvalue weighted by Crippen LogP contribution is 2.25. The fraction of sp³-hybridized carbons (Fsp3) is 0.571. The van der Waals surface area contributed by atoms with Crippen LogP contribution in [0.2, 0.25) is 0 Å². The molecule has 2 nitrogen and oxygen atoms in total. The van der Waals surface area contributed by atoms with Gasteiger partial charge in [-0.05, 0) is 49.1 Å². The van der Waals surface area contributed by atoms with Crippen molar-refractivity contribution in [2.75, 3.05) is 18.4 Å². The first-order chi connectivity index (χ1) is 8.15. The molecule has 0 aliphatic carbocycles. The van der Waals surface area contributed by atoms with Gasteiger partial charge in [0.1, 0.15) is 5.82 Å². The lowest BCUT2D eigenvalue weighted by atomic mass is 9.98. The van der Waals surface area contributed by atoms with Gasteiger partial charge in [-0.25, -0.2) is 4.39 Å². The van der Waals surface area contributed by atoms with Gasteiger partial charge in [-0.3, -0.25) is 0 Å². The summed E-state index contributed by atoms with van der Waals surface area (Å²) in [5, 5.41) is 6.93. The van der Waals surface area contributed by atoms with Gasteiger partial charge in [-0.2, -0.15) is 0 Å². The van der Waals surface area contributed by atoms with Crippen LogP contribution in [0.15, 0.2) is 18.2 Å². The molecule has 1 aromatic rings. The van der Waals surface area contributed by atoms with E-state index < -0.39 is 0 Å². The largest absolute Gasteiger partial charge is 0.381 e. The molecule has 0 saturated carbocycles. The number of hydrogen-bond donors (Lipinski definition) is 2. The van der Waals surface area contributed by atoms with Crippen LogP contribution in [-0.2, 0) is 6.42 Å². The number of rotatable bonds is 4. The SMILES string of the molecule is CC(C)CNCC1CCc2cc(F)ccc2N1. The van der Waals surface area contributed by atoms with Crippen molar-refractivity contribution in [2.24, 2.45) is 5.92 Å². The third-order valence-corrected chi connectivity index (χ3v) is 3.13. The van der Waals surface area contributed by atoms with Gasteiger partial charge in [0.05, 0.1) is 0 Å². The average molecular weight is 236 g/mol. The number of hydrogen-bond acceptors (Lipinski definition) is 2. The lowest BCUT2D eigenvalue weighted by Gasteiger charge is -2.27. The maximum absolute atomic E-state index is 13.0. The third kappa shape index (κ3) is 3.43. The summed E-state index contributed by atoms with van der Waals surface area (Å²) in [7, 11) is 0. The van der Waals surface area contributed by atoms with Crippen molar-refractivity contribution in [2.45, 2.75) is 32.7 Å². The van der Waals surface area contributed by atoms with E-state index in [0.717, 1.165) is 37.2 Å². The van der Waals surface area contributed by atoms with Crippen molar-refractivity contribution in [3.05, 3.63) is 29.6 Å². The van der Waals surface area contributed by atoms with Gasteiger partial charge in [-0.15, -0.1) is 0 Å². The molecule has 0 radical (unpaired) electrons. The predicted molar refractivity (Wildman–Crippen MR) is 69.8 cm³/mol. The molecular formula is C14H21FN2. The van der Waals surface area contributed by atoms with Gasteiger partial charge >= 0.3 is 0 Å². The van der Waals surface area contributed by atoms with E-state index in [2.05, 4.69) is 24.5 Å². The minimum atomic E-state index is -0.137. The zero-order valence-corrected chi connectivity index (χ0v) is 10.6. The van der Waals surface area contributed by atoms with Crippen LogP contribution < -0.4 is 10.6 Å². The van der Waals surface area contributed by atoms with E-state index in [0.29, 0.717) is 12.0 Å². The first-order valence-electron chi connectivity index (χ1n) is 6.41. The lowest BCUT2D eigenvalue weighted by molar-refractivity contribution is 0.506. The molecule has 3 heteroatoms. The van der Waals surface area contributed by atoms with E-state index >= 15 is 0 Å². The van der Waals surface area contributed by atoms with Crippen LogP contribution in [0.1, 0.15) is 25.8 Å². The molecule has 1 aliphatic rings. The molecule has 2 rings (SSSR count). The number of halogens is 1. The Bertz CT molecular complexity index is 376. The van der Waals surface area contributed by atoms with E-state index in [1.165, 1.54) is 6.07 Å². The second-order valence-electron chi connectivity index (χ2n) is 5.23. The van der Waals surface area contributed by atoms with Gasteiger partial charge in [0.2, 0.25) is 0 Å². The first kappa shape index (κ1) is 12.4. The molecule has 1 aromatic carbocycles. The van der Waals surface area contributed by atoms with E-state index in [9.17, 15) is 4.39 Å². The number of nitrogens with one attached hydrogen (secondary N) is 2. The fourth-order valence-electron chi connectivity index (χ4n) is 2.23. The number of aryl methyl sites for hydroxylation is 1. The summed E-state index contributed by atoms with van der Waals surface area (Å²) in [6.45, 7) is 6.45. The topological polar surface area (TPSA) is 24.1 Å². The molecule has 0 amide bonds. The Morgan fingerprint density at radius 3 is 3.06 bits per heavy atom. The van der Waals surface area contributed by atoms with Gasteiger partial charge in [0.15, 0.2) is 0 Å². The highest BCUT2D eigenvalue weighted by molar-refractivity contribution is 5.54. The highest BCUT2D eigenvalue weighted by Gasteiger charge is 2.17. The summed E-state index contributed by atoms with van der Waals surface area (Å²) in [6.07, 6.45) is 2.04. The van der Waals surface area contributed by atoms with Crippen LogP contribution in [0.25, 0.3) is 0 Å². The second kappa shape index (κ2) is 5.50. The molecule has 0 saturated heterocycles. The summed E-state index contributed by atoms with van der Waals surface area (Å²) in [5.74, 6) is 0.543. The molecule has 0 spiro atoms. The van der Waals surface area contributed by atoms with Gasteiger partial charge in [0, 0.05) is 18.3 Å². The zero-order chi connectivity index (χ0) is 12.3. The van der Waals surface area contributed by atoms with Crippen LogP contribution in [-0.4, -0.2) is 19.1 Å². The Balaban J connectivity index is 1.88. The van der Waals surface area contributed by atoms with Crippen molar-refractivity contribution in [3.63, 3.8) is 0 Å². The minimum absolute atomic E-state index is 0.137. The van der Waals surface area contributed by atoms with Gasteiger partial charge < -0.3 is 10.6 Å². The molecule has 1 heterocycles. The number of fused-ring (bicyclic) bond motifs is 1. The summed E-state index contributed by atoms with van der Waals surface area (Å²) >= 11 is 0. The van der Waals surface area contributed by atoms with Gasteiger partial charge in [-0.1, -0.05) is 13.8 Å². The molecule has 1 aliphatic heterocycles. The zero-order valence-electron chi connectivity index (χ0n) is 10.6. The smallest absolute Gasteiger partial charge is 0.123 e. The highest BCUT2D eigenvalue weighted by atomic mass is 19.1. The normalized spacial score (nSPS) is 18.9. The summed E-state index contributed by atoms with van der Waals surface area (Å²) in [4.78, 5) is 0. The Kier molecular flexibility index (Phi) is 4.00. The fourth-order valence-corrected chi connectivity index (χ4v) is 2.23. The van der Waals surface area contributed by atoms with Crippen LogP contribution in [0, 0.1) is 11.7 Å². The Morgan fingerprint density at radius 2 is 2.29 bits per heavy atom. The quantitative estimate of drug-likeness (QED) is 0.840. The Hall–Kier alpha value is -1.09. The maximum Gasteiger partial charge on any atom is 0.123 e. The molecule has 94 valence electrons. The average Bonchev–Trinajstić information content (AvgIpc) is 2.29. The van der Waals surface area contributed by atoms with Crippen molar-refractivity contribution < 1.29 is 4.39 Å². The van der Waals surface area contributed by atoms with Crippen molar-refractivity contribution in [1.29, 1.82) is 0 Å². The first-order valence-corrected chi connectivity index (χ1v) is 6.41. The molecule has 1 unspecified atom stereocenters. The standard InChI is InChI=1S/C14H21FN2/c1-10(2)8-16-9-13-5-3-11-7-12(15)4-6-14(11)17-13/h4,6-7,10,13,16-17H,3,5,8-9H2,1-2H3. The Labute approximate surface area is 103 Å². The van der Waals surface area contributed by atoms with E-state index in [-0.39, 0.29) is 5.82 Å². The molecule has 2 N–H and O–H groups in total. The summed E-state index contributed by atoms with van der Waals surface area (Å²) < 4.78 is 13.0. The van der Waals surface area contributed by atoms with Crippen molar-refractivity contribution >= 4 is 5.69 Å². The van der Waals surface area contributed by atoms with E-state index in [4.69, 9.17) is 0 Å². The molecule has 17 heavy (non-hydrogen) atoms. The minimum Gasteiger partial charge on any atom is -0.381 e. The molecule has 0 fully saturated rings. The molecule has 1 atom stereocenters. The lowest BCUT2D eigenvalue weighted by Crippen LogP contribution is -2.37. The van der Waals surface area contributed by atoms with Crippen molar-refractivity contribution in [1.82, 2.24) is 5.32 Å². The molecule has 0 bridgehead atoms. The summed E-state index contributed by atoms with van der Waals surface area (Å²) in [6, 6.07) is 5.47. The summed E-state index contributed by atoms with van der Waals surface area (Å²) in [5.41, 5.74) is 2.19. The van der Waals surface area contributed by atoms with Crippen LogP contribution in [0.4, 0.5) is 10.1 Å². The molecule has 0 aromatic heterocycles. The van der Waals surface area contributed by atoms with Crippen LogP contribution in [0.3, 0.4) is 0 Å².